The van der Waals surface area contributed by atoms with Crippen LogP contribution in [0, 0.1) is 0 Å². The van der Waals surface area contributed by atoms with Crippen molar-refractivity contribution in [2.75, 3.05) is 6.61 Å². The molecule has 1 aliphatic heterocycles. The van der Waals surface area contributed by atoms with Crippen LogP contribution in [-0.4, -0.2) is 91.0 Å². The number of carboxylic acid groups (broad SMARTS) is 2. The van der Waals surface area contributed by atoms with E-state index in [-0.39, 0.29) is 12.8 Å². The molecule has 1 fully saturated rings. The number of carboxylic acids is 2. The van der Waals surface area contributed by atoms with Gasteiger partial charge >= 0.3 is 11.9 Å². The molecule has 130 valence electrons. The van der Waals surface area contributed by atoms with Gasteiger partial charge in [-0.15, -0.1) is 0 Å². The minimum Gasteiger partial charge on any atom is -0.481 e. The minimum absolute atomic E-state index is 0.0231. The summed E-state index contributed by atoms with van der Waals surface area (Å²) < 4.78 is 4.58. The van der Waals surface area contributed by atoms with E-state index in [2.05, 4.69) is 4.74 Å². The monoisotopic (exact) mass is 327 g/mol. The fourth-order valence-electron chi connectivity index (χ4n) is 1.48. The third kappa shape index (κ3) is 6.62. The summed E-state index contributed by atoms with van der Waals surface area (Å²) in [7, 11) is 0. The number of carbonyl (C=O) groups is 2. The maximum absolute atomic E-state index is 9.99. The van der Waals surface area contributed by atoms with Gasteiger partial charge in [0.1, 0.15) is 30.5 Å². The van der Waals surface area contributed by atoms with Crippen LogP contribution >= 0.6 is 0 Å². The van der Waals surface area contributed by atoms with Crippen molar-refractivity contribution in [2.24, 2.45) is 5.73 Å². The summed E-state index contributed by atoms with van der Waals surface area (Å²) in [6, 6.07) is -1.06. The van der Waals surface area contributed by atoms with Gasteiger partial charge in [0.05, 0.1) is 6.61 Å². The van der Waals surface area contributed by atoms with Crippen molar-refractivity contribution < 1.29 is 50.1 Å². The summed E-state index contributed by atoms with van der Waals surface area (Å²) >= 11 is 0. The first-order chi connectivity index (χ1) is 10.1. The standard InChI is InChI=1S/C6H12O6.C5H9NO4/c7-1-2-3(8)4(9)5(10)6(11)12-2;6-3(5(9)10)1-2-4(7)8/h2-11H,1H2;3H,1-2,6H2,(H,7,8)(H,9,10)/t2-,3-,4+,5-,6?;3-/m10/s1. The lowest BCUT2D eigenvalue weighted by Crippen LogP contribution is -2.58. The van der Waals surface area contributed by atoms with Crippen LogP contribution in [0.15, 0.2) is 0 Å². The predicted molar refractivity (Wildman–Crippen MR) is 68.5 cm³/mol. The van der Waals surface area contributed by atoms with Gasteiger partial charge in [0, 0.05) is 6.42 Å². The van der Waals surface area contributed by atoms with Crippen LogP contribution in [0.1, 0.15) is 12.8 Å². The highest BCUT2D eigenvalue weighted by molar-refractivity contribution is 5.74. The summed E-state index contributed by atoms with van der Waals surface area (Å²) in [5.41, 5.74) is 5.00. The Labute approximate surface area is 125 Å². The van der Waals surface area contributed by atoms with Gasteiger partial charge in [0.15, 0.2) is 6.29 Å². The van der Waals surface area contributed by atoms with Crippen molar-refractivity contribution in [3.05, 3.63) is 0 Å². The van der Waals surface area contributed by atoms with Crippen LogP contribution in [0.25, 0.3) is 0 Å². The Morgan fingerprint density at radius 1 is 1.05 bits per heavy atom. The molecule has 0 radical (unpaired) electrons. The van der Waals surface area contributed by atoms with Gasteiger partial charge in [-0.1, -0.05) is 0 Å². The molecule has 11 nitrogen and oxygen atoms in total. The van der Waals surface area contributed by atoms with Crippen molar-refractivity contribution >= 4 is 11.9 Å². The zero-order chi connectivity index (χ0) is 17.4. The first kappa shape index (κ1) is 20.7. The Bertz CT molecular complexity index is 360. The van der Waals surface area contributed by atoms with Gasteiger partial charge in [-0.05, 0) is 6.42 Å². The van der Waals surface area contributed by atoms with E-state index in [1.807, 2.05) is 0 Å². The molecule has 0 aliphatic carbocycles. The lowest BCUT2D eigenvalue weighted by molar-refractivity contribution is -0.286. The SMILES string of the molecule is N[C@@H](CCC(=O)O)C(=O)O.OC[C@H]1OC(O)[C@H](O)[C@@H](O)[C@@H]1O. The Balaban J connectivity index is 0.000000409. The molecule has 6 atom stereocenters. The van der Waals surface area contributed by atoms with Crippen molar-refractivity contribution in [3.63, 3.8) is 0 Å². The first-order valence-corrected chi connectivity index (χ1v) is 6.30. The van der Waals surface area contributed by atoms with Gasteiger partial charge in [0.25, 0.3) is 0 Å². The molecule has 1 aliphatic rings. The minimum atomic E-state index is -1.57. The fraction of sp³-hybridized carbons (Fsp3) is 0.818. The van der Waals surface area contributed by atoms with Crippen molar-refractivity contribution in [2.45, 2.75) is 49.6 Å². The number of hydrogen-bond donors (Lipinski definition) is 8. The molecule has 0 amide bonds. The molecule has 0 bridgehead atoms. The van der Waals surface area contributed by atoms with Gasteiger partial charge in [-0.25, -0.2) is 0 Å². The molecular weight excluding hydrogens is 306 g/mol. The number of rotatable bonds is 5. The fourth-order valence-corrected chi connectivity index (χ4v) is 1.48. The molecule has 0 spiro atoms. The molecule has 11 heteroatoms. The quantitative estimate of drug-likeness (QED) is 0.244. The molecular formula is C11H21NO10. The first-order valence-electron chi connectivity index (χ1n) is 6.30. The van der Waals surface area contributed by atoms with Crippen molar-refractivity contribution in [1.29, 1.82) is 0 Å². The zero-order valence-corrected chi connectivity index (χ0v) is 11.5. The smallest absolute Gasteiger partial charge is 0.320 e. The van der Waals surface area contributed by atoms with Crippen LogP contribution in [0.5, 0.6) is 0 Å². The highest BCUT2D eigenvalue weighted by atomic mass is 16.6. The van der Waals surface area contributed by atoms with Crippen LogP contribution in [-0.2, 0) is 14.3 Å². The molecule has 0 aromatic heterocycles. The Kier molecular flexibility index (Phi) is 9.04. The summed E-state index contributed by atoms with van der Waals surface area (Å²) in [6.07, 6.45) is -7.26. The number of hydrogen-bond acceptors (Lipinski definition) is 9. The van der Waals surface area contributed by atoms with Crippen LogP contribution in [0.3, 0.4) is 0 Å². The second-order valence-electron chi connectivity index (χ2n) is 4.60. The third-order valence-electron chi connectivity index (χ3n) is 2.85. The molecule has 1 rings (SSSR count). The Hall–Kier alpha value is -1.34. The molecule has 0 aromatic rings. The molecule has 0 saturated carbocycles. The van der Waals surface area contributed by atoms with E-state index in [4.69, 9.17) is 41.5 Å². The van der Waals surface area contributed by atoms with E-state index in [1.165, 1.54) is 0 Å². The van der Waals surface area contributed by atoms with Crippen LogP contribution in [0.4, 0.5) is 0 Å². The third-order valence-corrected chi connectivity index (χ3v) is 2.85. The summed E-state index contributed by atoms with van der Waals surface area (Å²) in [6.45, 7) is -0.526. The van der Waals surface area contributed by atoms with Gasteiger partial charge in [-0.3, -0.25) is 9.59 Å². The topological polar surface area (TPSA) is 211 Å². The predicted octanol–water partition coefficient (Wildman–Crippen LogP) is -3.96. The van der Waals surface area contributed by atoms with Gasteiger partial charge < -0.3 is 46.2 Å². The molecule has 9 N–H and O–H groups in total. The molecule has 1 heterocycles. The van der Waals surface area contributed by atoms with Crippen LogP contribution < -0.4 is 5.73 Å². The number of ether oxygens (including phenoxy) is 1. The van der Waals surface area contributed by atoms with Gasteiger partial charge in [0.2, 0.25) is 0 Å². The van der Waals surface area contributed by atoms with E-state index >= 15 is 0 Å². The van der Waals surface area contributed by atoms with E-state index in [0.717, 1.165) is 0 Å². The maximum Gasteiger partial charge on any atom is 0.320 e. The van der Waals surface area contributed by atoms with Crippen molar-refractivity contribution in [3.8, 4) is 0 Å². The molecule has 1 saturated heterocycles. The van der Waals surface area contributed by atoms with Crippen molar-refractivity contribution in [1.82, 2.24) is 0 Å². The maximum atomic E-state index is 9.99. The van der Waals surface area contributed by atoms with Crippen LogP contribution in [0.2, 0.25) is 0 Å². The summed E-state index contributed by atoms with van der Waals surface area (Å²) in [5, 5.41) is 60.9. The second-order valence-corrected chi connectivity index (χ2v) is 4.60. The lowest BCUT2D eigenvalue weighted by Gasteiger charge is -2.37. The summed E-state index contributed by atoms with van der Waals surface area (Å²) in [4.78, 5) is 19.9. The average Bonchev–Trinajstić information content (AvgIpc) is 2.46. The zero-order valence-electron chi connectivity index (χ0n) is 11.5. The Morgan fingerprint density at radius 2 is 1.59 bits per heavy atom. The molecule has 22 heavy (non-hydrogen) atoms. The summed E-state index contributed by atoms with van der Waals surface area (Å²) in [5.74, 6) is -2.20. The molecule has 0 aromatic carbocycles. The van der Waals surface area contributed by atoms with Gasteiger partial charge in [-0.2, -0.15) is 0 Å². The van der Waals surface area contributed by atoms with E-state index < -0.39 is 55.3 Å². The molecule has 1 unspecified atom stereocenters. The lowest BCUT2D eigenvalue weighted by atomic mass is 10.00. The normalized spacial score (nSPS) is 32.5. The number of aliphatic carboxylic acids is 2. The van der Waals surface area contributed by atoms with E-state index in [0.29, 0.717) is 0 Å². The Morgan fingerprint density at radius 3 is 2.00 bits per heavy atom. The van der Waals surface area contributed by atoms with E-state index in [9.17, 15) is 9.59 Å². The number of nitrogens with two attached hydrogens (primary N) is 1. The highest BCUT2D eigenvalue weighted by Gasteiger charge is 2.42. The van der Waals surface area contributed by atoms with E-state index in [1.54, 1.807) is 0 Å². The average molecular weight is 327 g/mol. The second kappa shape index (κ2) is 9.63. The highest BCUT2D eigenvalue weighted by Crippen LogP contribution is 2.18. The largest absolute Gasteiger partial charge is 0.481 e. The number of aliphatic hydroxyl groups excluding tert-OH is 5. The number of aliphatic hydroxyl groups is 5.